The van der Waals surface area contributed by atoms with E-state index in [0.717, 1.165) is 36.0 Å². The van der Waals surface area contributed by atoms with Gasteiger partial charge in [-0.2, -0.15) is 0 Å². The van der Waals surface area contributed by atoms with Gasteiger partial charge in [-0.3, -0.25) is 9.59 Å². The van der Waals surface area contributed by atoms with Crippen molar-refractivity contribution < 1.29 is 14.3 Å². The van der Waals surface area contributed by atoms with Crippen LogP contribution in [0, 0.1) is 0 Å². The first-order chi connectivity index (χ1) is 17.4. The summed E-state index contributed by atoms with van der Waals surface area (Å²) in [6.45, 7) is 8.74. The first-order valence-electron chi connectivity index (χ1n) is 12.9. The molecule has 2 bridgehead atoms. The molecule has 2 amide bonds. The molecule has 4 rings (SSSR count). The Balaban J connectivity index is 1.50. The average Bonchev–Trinajstić information content (AvgIpc) is 2.88. The number of aryl methyl sites for hydroxylation is 1. The number of para-hydroxylation sites is 1. The quantitative estimate of drug-likeness (QED) is 0.503. The minimum Gasteiger partial charge on any atom is -0.492 e. The molecule has 0 radical (unpaired) electrons. The van der Waals surface area contributed by atoms with E-state index in [9.17, 15) is 9.59 Å². The summed E-state index contributed by atoms with van der Waals surface area (Å²) >= 11 is 6.16. The van der Waals surface area contributed by atoms with E-state index >= 15 is 0 Å². The SMILES string of the molecule is CCN(CC)C(=O)C1=C(c2ccc(CCCOc3ccccc3Cl)cc2)CC2CN(C(C)=O)CC1N2. The lowest BCUT2D eigenvalue weighted by Crippen LogP contribution is -2.61. The van der Waals surface area contributed by atoms with Crippen molar-refractivity contribution in [3.63, 3.8) is 0 Å². The largest absolute Gasteiger partial charge is 0.492 e. The highest BCUT2D eigenvalue weighted by molar-refractivity contribution is 6.32. The summed E-state index contributed by atoms with van der Waals surface area (Å²) in [4.78, 5) is 29.5. The summed E-state index contributed by atoms with van der Waals surface area (Å²) in [6.07, 6.45) is 2.51. The van der Waals surface area contributed by atoms with Gasteiger partial charge in [0, 0.05) is 44.7 Å². The second-order valence-corrected chi connectivity index (χ2v) is 9.90. The third-order valence-electron chi connectivity index (χ3n) is 7.14. The van der Waals surface area contributed by atoms with Crippen LogP contribution >= 0.6 is 11.6 Å². The zero-order chi connectivity index (χ0) is 25.7. The van der Waals surface area contributed by atoms with E-state index in [2.05, 4.69) is 29.6 Å². The molecule has 1 fully saturated rings. The molecule has 0 aliphatic carbocycles. The second kappa shape index (κ2) is 11.9. The van der Waals surface area contributed by atoms with Crippen molar-refractivity contribution in [2.45, 2.75) is 52.1 Å². The molecule has 2 aliphatic rings. The molecular formula is C29H36ClN3O3. The van der Waals surface area contributed by atoms with Crippen LogP contribution in [0.5, 0.6) is 5.75 Å². The van der Waals surface area contributed by atoms with Gasteiger partial charge in [0.2, 0.25) is 5.91 Å². The fourth-order valence-electron chi connectivity index (χ4n) is 5.20. The molecule has 2 heterocycles. The van der Waals surface area contributed by atoms with Crippen LogP contribution in [0.4, 0.5) is 0 Å². The lowest BCUT2D eigenvalue weighted by Gasteiger charge is -2.44. The maximum atomic E-state index is 13.6. The number of amides is 2. The summed E-state index contributed by atoms with van der Waals surface area (Å²) < 4.78 is 5.81. The number of hydrogen-bond acceptors (Lipinski definition) is 4. The molecule has 0 saturated carbocycles. The molecule has 2 atom stereocenters. The highest BCUT2D eigenvalue weighted by atomic mass is 35.5. The Labute approximate surface area is 219 Å². The van der Waals surface area contributed by atoms with Crippen LogP contribution in [-0.2, 0) is 16.0 Å². The minimum absolute atomic E-state index is 0.0625. The molecule has 1 saturated heterocycles. The normalized spacial score (nSPS) is 19.3. The Hall–Kier alpha value is -2.83. The lowest BCUT2D eigenvalue weighted by molar-refractivity contribution is -0.132. The first-order valence-corrected chi connectivity index (χ1v) is 13.3. The lowest BCUT2D eigenvalue weighted by atomic mass is 9.82. The predicted molar refractivity (Wildman–Crippen MR) is 144 cm³/mol. The second-order valence-electron chi connectivity index (χ2n) is 9.49. The summed E-state index contributed by atoms with van der Waals surface area (Å²) in [7, 11) is 0. The standard InChI is InChI=1S/C29H36ClN3O3/c1-4-32(5-2)29(35)28-24(17-23-18-33(20(3)34)19-26(28)31-23)22-14-12-21(13-15-22)9-8-16-36-27-11-7-6-10-25(27)30/h6-7,10-15,23,26,31H,4-5,8-9,16-19H2,1-3H3. The summed E-state index contributed by atoms with van der Waals surface area (Å²) in [6, 6.07) is 16.1. The summed E-state index contributed by atoms with van der Waals surface area (Å²) in [5.74, 6) is 0.844. The molecule has 2 unspecified atom stereocenters. The molecule has 1 N–H and O–H groups in total. The Morgan fingerprint density at radius 1 is 1.08 bits per heavy atom. The Morgan fingerprint density at radius 3 is 2.47 bits per heavy atom. The maximum absolute atomic E-state index is 13.6. The summed E-state index contributed by atoms with van der Waals surface area (Å²) in [5.41, 5.74) is 4.24. The fourth-order valence-corrected chi connectivity index (χ4v) is 5.39. The number of nitrogens with one attached hydrogen (secondary N) is 1. The van der Waals surface area contributed by atoms with Crippen LogP contribution < -0.4 is 10.1 Å². The van der Waals surface area contributed by atoms with Gasteiger partial charge in [-0.15, -0.1) is 0 Å². The number of rotatable bonds is 9. The van der Waals surface area contributed by atoms with Crippen LogP contribution in [0.2, 0.25) is 5.02 Å². The number of fused-ring (bicyclic) bond motifs is 2. The highest BCUT2D eigenvalue weighted by Gasteiger charge is 2.39. The summed E-state index contributed by atoms with van der Waals surface area (Å²) in [5, 5.41) is 4.24. The highest BCUT2D eigenvalue weighted by Crippen LogP contribution is 2.34. The van der Waals surface area contributed by atoms with Gasteiger partial charge in [-0.05, 0) is 61.9 Å². The molecule has 2 aromatic rings. The van der Waals surface area contributed by atoms with Crippen LogP contribution in [0.25, 0.3) is 5.57 Å². The van der Waals surface area contributed by atoms with Gasteiger partial charge >= 0.3 is 0 Å². The van der Waals surface area contributed by atoms with E-state index in [4.69, 9.17) is 16.3 Å². The Kier molecular flexibility index (Phi) is 8.70. The number of carbonyl (C=O) groups excluding carboxylic acids is 2. The third kappa shape index (κ3) is 5.93. The number of likely N-dealkylation sites (N-methyl/N-ethyl adjacent to an activating group) is 1. The molecule has 2 aliphatic heterocycles. The molecule has 6 nitrogen and oxygen atoms in total. The van der Waals surface area contributed by atoms with E-state index in [-0.39, 0.29) is 23.9 Å². The monoisotopic (exact) mass is 509 g/mol. The fraction of sp³-hybridized carbons (Fsp3) is 0.448. The van der Waals surface area contributed by atoms with E-state index < -0.39 is 0 Å². The predicted octanol–water partition coefficient (Wildman–Crippen LogP) is 4.57. The van der Waals surface area contributed by atoms with Crippen molar-refractivity contribution in [1.82, 2.24) is 15.1 Å². The van der Waals surface area contributed by atoms with Gasteiger partial charge in [-0.25, -0.2) is 0 Å². The van der Waals surface area contributed by atoms with Crippen LogP contribution in [0.1, 0.15) is 44.7 Å². The van der Waals surface area contributed by atoms with E-state index in [1.807, 2.05) is 47.9 Å². The van der Waals surface area contributed by atoms with Gasteiger partial charge in [0.05, 0.1) is 17.7 Å². The molecule has 0 aromatic heterocycles. The van der Waals surface area contributed by atoms with Crippen molar-refractivity contribution in [2.75, 3.05) is 32.8 Å². The number of halogens is 1. The number of hydrogen-bond donors (Lipinski definition) is 1. The van der Waals surface area contributed by atoms with Crippen molar-refractivity contribution in [3.05, 3.63) is 70.3 Å². The maximum Gasteiger partial charge on any atom is 0.251 e. The van der Waals surface area contributed by atoms with Crippen LogP contribution in [-0.4, -0.2) is 66.5 Å². The smallest absolute Gasteiger partial charge is 0.251 e. The zero-order valence-corrected chi connectivity index (χ0v) is 22.2. The molecule has 7 heteroatoms. The topological polar surface area (TPSA) is 61.9 Å². The van der Waals surface area contributed by atoms with Gasteiger partial charge in [0.25, 0.3) is 5.91 Å². The van der Waals surface area contributed by atoms with Crippen molar-refractivity contribution in [2.24, 2.45) is 0 Å². The van der Waals surface area contributed by atoms with E-state index in [0.29, 0.717) is 43.6 Å². The molecular weight excluding hydrogens is 474 g/mol. The van der Waals surface area contributed by atoms with Crippen LogP contribution in [0.3, 0.4) is 0 Å². The number of carbonyl (C=O) groups is 2. The average molecular weight is 510 g/mol. The first kappa shape index (κ1) is 26.2. The molecule has 36 heavy (non-hydrogen) atoms. The van der Waals surface area contributed by atoms with Crippen molar-refractivity contribution in [3.8, 4) is 5.75 Å². The zero-order valence-electron chi connectivity index (χ0n) is 21.4. The number of ether oxygens (including phenoxy) is 1. The van der Waals surface area contributed by atoms with Gasteiger partial charge in [-0.1, -0.05) is 48.0 Å². The third-order valence-corrected chi connectivity index (χ3v) is 7.45. The van der Waals surface area contributed by atoms with Gasteiger partial charge in [0.1, 0.15) is 5.75 Å². The minimum atomic E-state index is -0.147. The molecule has 2 aromatic carbocycles. The number of piperazine rings is 1. The number of benzene rings is 2. The van der Waals surface area contributed by atoms with Crippen molar-refractivity contribution >= 4 is 29.0 Å². The van der Waals surface area contributed by atoms with Crippen molar-refractivity contribution in [1.29, 1.82) is 0 Å². The van der Waals surface area contributed by atoms with E-state index in [1.54, 1.807) is 6.92 Å². The Morgan fingerprint density at radius 2 is 1.81 bits per heavy atom. The van der Waals surface area contributed by atoms with Crippen LogP contribution in [0.15, 0.2) is 54.1 Å². The van der Waals surface area contributed by atoms with Gasteiger partial charge < -0.3 is 19.9 Å². The van der Waals surface area contributed by atoms with Gasteiger partial charge in [0.15, 0.2) is 0 Å². The van der Waals surface area contributed by atoms with E-state index in [1.165, 1.54) is 5.56 Å². The molecule has 192 valence electrons. The number of nitrogens with zero attached hydrogens (tertiary/aromatic N) is 2. The molecule has 0 spiro atoms. The Bertz CT molecular complexity index is 1110.